The molecule has 0 radical (unpaired) electrons. The molecule has 1 aromatic carbocycles. The van der Waals surface area contributed by atoms with Gasteiger partial charge in [-0.1, -0.05) is 11.2 Å². The first-order chi connectivity index (χ1) is 11.1. The van der Waals surface area contributed by atoms with Crippen LogP contribution >= 0.6 is 0 Å². The quantitative estimate of drug-likeness (QED) is 0.337. The van der Waals surface area contributed by atoms with E-state index >= 15 is 0 Å². The van der Waals surface area contributed by atoms with Crippen molar-refractivity contribution in [3.8, 4) is 11.3 Å². The number of oxime groups is 1. The summed E-state index contributed by atoms with van der Waals surface area (Å²) in [6.45, 7) is 1.83. The number of hydrogen-bond donors (Lipinski definition) is 2. The SMILES string of the molecule is COC(=O)c1cc(C)nc(-c2ccc3[nH]cc(/C=N\O)c3c2)c1. The zero-order valence-corrected chi connectivity index (χ0v) is 12.7. The van der Waals surface area contributed by atoms with Gasteiger partial charge in [0, 0.05) is 33.9 Å². The third kappa shape index (κ3) is 2.78. The van der Waals surface area contributed by atoms with Crippen LogP contribution in [0.5, 0.6) is 0 Å². The van der Waals surface area contributed by atoms with E-state index in [1.807, 2.05) is 25.1 Å². The first-order valence-corrected chi connectivity index (χ1v) is 6.98. The van der Waals surface area contributed by atoms with Crippen molar-refractivity contribution in [1.29, 1.82) is 0 Å². The fourth-order valence-corrected chi connectivity index (χ4v) is 2.52. The van der Waals surface area contributed by atoms with E-state index in [0.717, 1.165) is 27.7 Å². The number of aryl methyl sites for hydroxylation is 1. The second kappa shape index (κ2) is 5.92. The molecule has 2 N–H and O–H groups in total. The molecular weight excluding hydrogens is 294 g/mol. The number of nitrogens with one attached hydrogen (secondary N) is 1. The third-order valence-corrected chi connectivity index (χ3v) is 3.58. The summed E-state index contributed by atoms with van der Waals surface area (Å²) >= 11 is 0. The molecular formula is C17H15N3O3. The number of aromatic amines is 1. The molecule has 0 bridgehead atoms. The van der Waals surface area contributed by atoms with Gasteiger partial charge in [0.05, 0.1) is 24.6 Å². The van der Waals surface area contributed by atoms with Crippen LogP contribution in [0.3, 0.4) is 0 Å². The van der Waals surface area contributed by atoms with Gasteiger partial charge in [0.15, 0.2) is 0 Å². The van der Waals surface area contributed by atoms with Gasteiger partial charge in [0.25, 0.3) is 0 Å². The lowest BCUT2D eigenvalue weighted by molar-refractivity contribution is 0.0600. The molecule has 6 heteroatoms. The van der Waals surface area contributed by atoms with Crippen LogP contribution in [0.15, 0.2) is 41.7 Å². The van der Waals surface area contributed by atoms with Crippen molar-refractivity contribution in [2.24, 2.45) is 5.16 Å². The normalized spacial score (nSPS) is 11.2. The van der Waals surface area contributed by atoms with Crippen LogP contribution < -0.4 is 0 Å². The molecule has 2 heterocycles. The Hall–Kier alpha value is -3.15. The number of hydrogen-bond acceptors (Lipinski definition) is 5. The van der Waals surface area contributed by atoms with Gasteiger partial charge in [-0.05, 0) is 31.2 Å². The van der Waals surface area contributed by atoms with E-state index in [2.05, 4.69) is 15.1 Å². The molecule has 0 aliphatic heterocycles. The number of benzene rings is 1. The van der Waals surface area contributed by atoms with Crippen LogP contribution in [-0.4, -0.2) is 34.5 Å². The summed E-state index contributed by atoms with van der Waals surface area (Å²) in [5, 5.41) is 12.7. The molecule has 0 spiro atoms. The predicted molar refractivity (Wildman–Crippen MR) is 87.0 cm³/mol. The molecule has 23 heavy (non-hydrogen) atoms. The zero-order chi connectivity index (χ0) is 16.4. The number of H-pyrrole nitrogens is 1. The van der Waals surface area contributed by atoms with Crippen molar-refractivity contribution in [3.63, 3.8) is 0 Å². The lowest BCUT2D eigenvalue weighted by atomic mass is 10.0. The van der Waals surface area contributed by atoms with Gasteiger partial charge in [-0.25, -0.2) is 4.79 Å². The number of nitrogens with zero attached hydrogens (tertiary/aromatic N) is 2. The van der Waals surface area contributed by atoms with Crippen molar-refractivity contribution in [2.75, 3.05) is 7.11 Å². The first kappa shape index (κ1) is 14.8. The van der Waals surface area contributed by atoms with Crippen molar-refractivity contribution < 1.29 is 14.7 Å². The molecule has 0 atom stereocenters. The number of ether oxygens (including phenoxy) is 1. The lowest BCUT2D eigenvalue weighted by Crippen LogP contribution is -2.03. The summed E-state index contributed by atoms with van der Waals surface area (Å²) in [5.41, 5.74) is 4.42. The molecule has 0 saturated carbocycles. The molecule has 6 nitrogen and oxygen atoms in total. The van der Waals surface area contributed by atoms with Gasteiger partial charge >= 0.3 is 5.97 Å². The Kier molecular flexibility index (Phi) is 3.80. The average molecular weight is 309 g/mol. The highest BCUT2D eigenvalue weighted by Gasteiger charge is 2.11. The highest BCUT2D eigenvalue weighted by molar-refractivity contribution is 6.00. The highest BCUT2D eigenvalue weighted by atomic mass is 16.5. The van der Waals surface area contributed by atoms with Crippen LogP contribution in [-0.2, 0) is 4.74 Å². The third-order valence-electron chi connectivity index (χ3n) is 3.58. The molecule has 116 valence electrons. The summed E-state index contributed by atoms with van der Waals surface area (Å²) in [4.78, 5) is 19.4. The standard InChI is InChI=1S/C17H15N3O3/c1-10-5-12(17(21)23-2)7-16(20-10)11-3-4-15-14(6-11)13(8-18-15)9-19-22/h3-9,18,22H,1-2H3/b19-9-. The Morgan fingerprint density at radius 3 is 2.91 bits per heavy atom. The van der Waals surface area contributed by atoms with Crippen LogP contribution in [0.4, 0.5) is 0 Å². The van der Waals surface area contributed by atoms with Crippen molar-refractivity contribution >= 4 is 23.1 Å². The fraction of sp³-hybridized carbons (Fsp3) is 0.118. The van der Waals surface area contributed by atoms with E-state index in [9.17, 15) is 4.79 Å². The number of esters is 1. The monoisotopic (exact) mass is 309 g/mol. The molecule has 2 aromatic heterocycles. The van der Waals surface area contributed by atoms with E-state index in [0.29, 0.717) is 11.3 Å². The van der Waals surface area contributed by atoms with Crippen LogP contribution in [0.25, 0.3) is 22.2 Å². The second-order valence-corrected chi connectivity index (χ2v) is 5.12. The fourth-order valence-electron chi connectivity index (χ4n) is 2.52. The summed E-state index contributed by atoms with van der Waals surface area (Å²) in [6.07, 6.45) is 3.13. The number of aromatic nitrogens is 2. The van der Waals surface area contributed by atoms with Crippen LogP contribution in [0.2, 0.25) is 0 Å². The maximum Gasteiger partial charge on any atom is 0.337 e. The van der Waals surface area contributed by atoms with Crippen LogP contribution in [0.1, 0.15) is 21.6 Å². The Morgan fingerprint density at radius 2 is 2.17 bits per heavy atom. The van der Waals surface area contributed by atoms with Crippen molar-refractivity contribution in [2.45, 2.75) is 6.92 Å². The lowest BCUT2D eigenvalue weighted by Gasteiger charge is -2.06. The number of pyridine rings is 1. The molecule has 0 aliphatic carbocycles. The predicted octanol–water partition coefficient (Wildman–Crippen LogP) is 3.13. The topological polar surface area (TPSA) is 87.6 Å². The summed E-state index contributed by atoms with van der Waals surface area (Å²) in [7, 11) is 1.35. The Labute approximate surface area is 132 Å². The first-order valence-electron chi connectivity index (χ1n) is 6.98. The Bertz CT molecular complexity index is 913. The molecule has 3 aromatic rings. The van der Waals surface area contributed by atoms with Gasteiger partial charge < -0.3 is 14.9 Å². The molecule has 0 fully saturated rings. The van der Waals surface area contributed by atoms with E-state index in [1.54, 1.807) is 18.3 Å². The Morgan fingerprint density at radius 1 is 1.35 bits per heavy atom. The number of fused-ring (bicyclic) bond motifs is 1. The van der Waals surface area contributed by atoms with E-state index < -0.39 is 5.97 Å². The smallest absolute Gasteiger partial charge is 0.337 e. The average Bonchev–Trinajstić information content (AvgIpc) is 2.96. The minimum atomic E-state index is -0.396. The number of carbonyl (C=O) groups is 1. The summed E-state index contributed by atoms with van der Waals surface area (Å²) in [5.74, 6) is -0.396. The molecule has 0 saturated heterocycles. The number of methoxy groups -OCH3 is 1. The number of carbonyl (C=O) groups excluding carboxylic acids is 1. The Balaban J connectivity index is 2.14. The molecule has 0 amide bonds. The van der Waals surface area contributed by atoms with Gasteiger partial charge in [-0.3, -0.25) is 4.98 Å². The van der Waals surface area contributed by atoms with Gasteiger partial charge in [-0.2, -0.15) is 0 Å². The molecule has 3 rings (SSSR count). The van der Waals surface area contributed by atoms with Crippen LogP contribution in [0, 0.1) is 6.92 Å². The maximum absolute atomic E-state index is 11.8. The van der Waals surface area contributed by atoms with Crippen molar-refractivity contribution in [3.05, 3.63) is 53.3 Å². The van der Waals surface area contributed by atoms with E-state index in [-0.39, 0.29) is 0 Å². The second-order valence-electron chi connectivity index (χ2n) is 5.12. The largest absolute Gasteiger partial charge is 0.465 e. The summed E-state index contributed by atoms with van der Waals surface area (Å²) < 4.78 is 4.77. The molecule has 0 aliphatic rings. The van der Waals surface area contributed by atoms with E-state index in [4.69, 9.17) is 9.94 Å². The highest BCUT2D eigenvalue weighted by Crippen LogP contribution is 2.26. The molecule has 0 unspecified atom stereocenters. The van der Waals surface area contributed by atoms with Gasteiger partial charge in [-0.15, -0.1) is 0 Å². The van der Waals surface area contributed by atoms with E-state index in [1.165, 1.54) is 13.3 Å². The zero-order valence-electron chi connectivity index (χ0n) is 12.7. The maximum atomic E-state index is 11.8. The number of rotatable bonds is 3. The minimum Gasteiger partial charge on any atom is -0.465 e. The summed E-state index contributed by atoms with van der Waals surface area (Å²) in [6, 6.07) is 9.16. The van der Waals surface area contributed by atoms with Gasteiger partial charge in [0.1, 0.15) is 0 Å². The minimum absolute atomic E-state index is 0.396. The van der Waals surface area contributed by atoms with Gasteiger partial charge in [0.2, 0.25) is 0 Å². The van der Waals surface area contributed by atoms with Crippen molar-refractivity contribution in [1.82, 2.24) is 9.97 Å².